The molecule has 1 saturated carbocycles. The Balaban J connectivity index is 1.49. The Morgan fingerprint density at radius 2 is 2.14 bits per heavy atom. The van der Waals surface area contributed by atoms with Crippen LogP contribution in [0.4, 0.5) is 0 Å². The lowest BCUT2D eigenvalue weighted by Gasteiger charge is -2.20. The zero-order chi connectivity index (χ0) is 20.4. The fraction of sp³-hybridized carbons (Fsp3) is 0.429. The van der Waals surface area contributed by atoms with Gasteiger partial charge in [-0.05, 0) is 70.2 Å². The first kappa shape index (κ1) is 20.3. The van der Waals surface area contributed by atoms with Crippen LogP contribution in [0.25, 0.3) is 6.08 Å². The van der Waals surface area contributed by atoms with E-state index in [1.165, 1.54) is 48.9 Å². The standard InChI is InChI=1S/C21H23BrN4O2S/c1-28-17-9-7-14(12-16(17)22)11-15-19(23)26-21(24-20(15)27)29-18(25-26)10-8-13-5-3-2-4-6-13/h7,9,11-13,23H,2-6,8,10H2,1H3/b15-11+,23-19?. The molecule has 1 amide bonds. The molecular formula is C21H23BrN4O2S. The Labute approximate surface area is 183 Å². The lowest BCUT2D eigenvalue weighted by molar-refractivity contribution is -0.114. The van der Waals surface area contributed by atoms with Gasteiger partial charge in [-0.15, -0.1) is 0 Å². The van der Waals surface area contributed by atoms with Gasteiger partial charge in [-0.2, -0.15) is 15.1 Å². The molecule has 152 valence electrons. The minimum atomic E-state index is -0.399. The number of nitrogens with one attached hydrogen (secondary N) is 1. The molecule has 8 heteroatoms. The summed E-state index contributed by atoms with van der Waals surface area (Å²) in [6.45, 7) is 0. The van der Waals surface area contributed by atoms with Gasteiger partial charge in [-0.25, -0.2) is 0 Å². The molecule has 6 nitrogen and oxygen atoms in total. The number of hydrazone groups is 1. The third-order valence-electron chi connectivity index (χ3n) is 5.47. The van der Waals surface area contributed by atoms with Crippen molar-refractivity contribution in [1.29, 1.82) is 5.41 Å². The number of hydrogen-bond acceptors (Lipinski definition) is 5. The first-order valence-corrected chi connectivity index (χ1v) is 11.5. The van der Waals surface area contributed by atoms with Gasteiger partial charge >= 0.3 is 0 Å². The lowest BCUT2D eigenvalue weighted by Crippen LogP contribution is -2.35. The molecule has 2 heterocycles. The number of halogens is 1. The van der Waals surface area contributed by atoms with Crippen molar-refractivity contribution in [3.05, 3.63) is 33.8 Å². The molecule has 1 aliphatic carbocycles. The quantitative estimate of drug-likeness (QED) is 0.576. The molecule has 1 aromatic rings. The summed E-state index contributed by atoms with van der Waals surface area (Å²) in [5.41, 5.74) is 1.03. The van der Waals surface area contributed by atoms with Crippen molar-refractivity contribution < 1.29 is 9.53 Å². The largest absolute Gasteiger partial charge is 0.496 e. The van der Waals surface area contributed by atoms with Crippen LogP contribution in [-0.2, 0) is 4.79 Å². The Hall–Kier alpha value is -1.93. The fourth-order valence-corrected chi connectivity index (χ4v) is 5.33. The minimum Gasteiger partial charge on any atom is -0.496 e. The predicted molar refractivity (Wildman–Crippen MR) is 122 cm³/mol. The van der Waals surface area contributed by atoms with E-state index in [9.17, 15) is 4.79 Å². The minimum absolute atomic E-state index is 0.0760. The van der Waals surface area contributed by atoms with E-state index in [2.05, 4.69) is 26.0 Å². The van der Waals surface area contributed by atoms with E-state index in [4.69, 9.17) is 10.1 Å². The molecular weight excluding hydrogens is 452 g/mol. The zero-order valence-corrected chi connectivity index (χ0v) is 18.7. The highest BCUT2D eigenvalue weighted by molar-refractivity contribution is 9.10. The smallest absolute Gasteiger partial charge is 0.283 e. The van der Waals surface area contributed by atoms with E-state index in [0.29, 0.717) is 10.9 Å². The van der Waals surface area contributed by atoms with E-state index in [1.807, 2.05) is 18.2 Å². The number of carbonyl (C=O) groups is 1. The van der Waals surface area contributed by atoms with Gasteiger partial charge in [0, 0.05) is 0 Å². The topological polar surface area (TPSA) is 78.1 Å². The first-order valence-electron chi connectivity index (χ1n) is 9.88. The van der Waals surface area contributed by atoms with E-state index >= 15 is 0 Å². The number of aliphatic imine (C=N–C) groups is 1. The summed E-state index contributed by atoms with van der Waals surface area (Å²) in [5, 5.41) is 16.0. The number of benzene rings is 1. The molecule has 4 rings (SSSR count). The molecule has 0 unspecified atom stereocenters. The first-order chi connectivity index (χ1) is 14.0. The number of thioether (sulfide) groups is 1. The number of amidine groups is 2. The van der Waals surface area contributed by atoms with Gasteiger partial charge in [0.2, 0.25) is 5.17 Å². The molecule has 0 radical (unpaired) electrons. The Morgan fingerprint density at radius 1 is 1.34 bits per heavy atom. The Kier molecular flexibility index (Phi) is 6.20. The monoisotopic (exact) mass is 474 g/mol. The molecule has 1 fully saturated rings. The van der Waals surface area contributed by atoms with Crippen LogP contribution in [0.5, 0.6) is 5.75 Å². The summed E-state index contributed by atoms with van der Waals surface area (Å²) in [6, 6.07) is 5.51. The van der Waals surface area contributed by atoms with E-state index in [0.717, 1.165) is 33.8 Å². The van der Waals surface area contributed by atoms with E-state index < -0.39 is 5.91 Å². The molecule has 0 aromatic heterocycles. The molecule has 0 spiro atoms. The maximum absolute atomic E-state index is 12.5. The van der Waals surface area contributed by atoms with E-state index in [-0.39, 0.29) is 11.4 Å². The number of rotatable bonds is 5. The van der Waals surface area contributed by atoms with Crippen LogP contribution in [0.1, 0.15) is 50.5 Å². The second-order valence-electron chi connectivity index (χ2n) is 7.45. The maximum Gasteiger partial charge on any atom is 0.283 e. The van der Waals surface area contributed by atoms with Crippen molar-refractivity contribution in [2.75, 3.05) is 7.11 Å². The zero-order valence-electron chi connectivity index (χ0n) is 16.3. The Morgan fingerprint density at radius 3 is 2.86 bits per heavy atom. The molecule has 1 aromatic carbocycles. The van der Waals surface area contributed by atoms with Crippen LogP contribution in [0, 0.1) is 11.3 Å². The van der Waals surface area contributed by atoms with Gasteiger partial charge in [0.15, 0.2) is 5.84 Å². The van der Waals surface area contributed by atoms with Crippen LogP contribution in [0.3, 0.4) is 0 Å². The van der Waals surface area contributed by atoms with Gasteiger partial charge in [-0.1, -0.05) is 38.2 Å². The highest BCUT2D eigenvalue weighted by Crippen LogP contribution is 2.33. The average Bonchev–Trinajstić information content (AvgIpc) is 3.13. The molecule has 3 aliphatic rings. The molecule has 0 bridgehead atoms. The maximum atomic E-state index is 12.5. The third-order valence-corrected chi connectivity index (χ3v) is 7.06. The molecule has 0 saturated heterocycles. The van der Waals surface area contributed by atoms with Gasteiger partial charge in [0.05, 0.1) is 17.2 Å². The normalized spacial score (nSPS) is 21.3. The lowest BCUT2D eigenvalue weighted by atomic mass is 9.86. The molecule has 1 N–H and O–H groups in total. The average molecular weight is 475 g/mol. The predicted octanol–water partition coefficient (Wildman–Crippen LogP) is 5.44. The summed E-state index contributed by atoms with van der Waals surface area (Å²) < 4.78 is 6.03. The SMILES string of the molecule is COc1ccc(/C=C2\C(=N)N3N=C(CCC4CCCCC4)SC3=NC2=O)cc1Br. The van der Waals surface area contributed by atoms with Crippen LogP contribution in [-0.4, -0.2) is 34.1 Å². The number of ether oxygens (including phenoxy) is 1. The van der Waals surface area contributed by atoms with Gasteiger partial charge in [-0.3, -0.25) is 10.2 Å². The van der Waals surface area contributed by atoms with Crippen molar-refractivity contribution in [3.8, 4) is 5.75 Å². The highest BCUT2D eigenvalue weighted by Gasteiger charge is 2.35. The number of methoxy groups -OCH3 is 1. The second kappa shape index (κ2) is 8.83. The molecule has 2 aliphatic heterocycles. The number of amides is 1. The van der Waals surface area contributed by atoms with Crippen molar-refractivity contribution in [2.45, 2.75) is 44.9 Å². The summed E-state index contributed by atoms with van der Waals surface area (Å²) in [6.07, 6.45) is 10.3. The van der Waals surface area contributed by atoms with E-state index in [1.54, 1.807) is 13.2 Å². The molecule has 0 atom stereocenters. The summed E-state index contributed by atoms with van der Waals surface area (Å²) in [7, 11) is 1.60. The summed E-state index contributed by atoms with van der Waals surface area (Å²) >= 11 is 4.87. The van der Waals surface area contributed by atoms with Crippen molar-refractivity contribution in [3.63, 3.8) is 0 Å². The second-order valence-corrected chi connectivity index (χ2v) is 9.35. The Bertz CT molecular complexity index is 935. The fourth-order valence-electron chi connectivity index (χ4n) is 3.88. The van der Waals surface area contributed by atoms with Gasteiger partial charge in [0.25, 0.3) is 5.91 Å². The van der Waals surface area contributed by atoms with Crippen LogP contribution in [0.2, 0.25) is 0 Å². The number of carbonyl (C=O) groups excluding carboxylic acids is 1. The van der Waals surface area contributed by atoms with Crippen LogP contribution < -0.4 is 4.74 Å². The number of fused-ring (bicyclic) bond motifs is 1. The van der Waals surface area contributed by atoms with Crippen molar-refractivity contribution >= 4 is 55.7 Å². The van der Waals surface area contributed by atoms with Gasteiger partial charge < -0.3 is 4.74 Å². The number of nitrogens with zero attached hydrogens (tertiary/aromatic N) is 3. The molecule has 29 heavy (non-hydrogen) atoms. The third kappa shape index (κ3) is 4.48. The summed E-state index contributed by atoms with van der Waals surface area (Å²) in [5.74, 6) is 1.16. The van der Waals surface area contributed by atoms with Crippen molar-refractivity contribution in [1.82, 2.24) is 5.01 Å². The van der Waals surface area contributed by atoms with Crippen molar-refractivity contribution in [2.24, 2.45) is 16.0 Å². The van der Waals surface area contributed by atoms with Gasteiger partial charge in [0.1, 0.15) is 10.8 Å². The summed E-state index contributed by atoms with van der Waals surface area (Å²) in [4.78, 5) is 16.7. The van der Waals surface area contributed by atoms with Crippen LogP contribution >= 0.6 is 27.7 Å². The highest BCUT2D eigenvalue weighted by atomic mass is 79.9. The number of hydrogen-bond donors (Lipinski definition) is 1. The van der Waals surface area contributed by atoms with Crippen LogP contribution in [0.15, 0.2) is 38.3 Å².